The molecule has 1 atom stereocenters. The maximum absolute atomic E-state index is 4.58. The molecule has 7 heteroatoms. The normalized spacial score (nSPS) is 21.7. The van der Waals surface area contributed by atoms with Crippen molar-refractivity contribution in [2.24, 2.45) is 0 Å². The van der Waals surface area contributed by atoms with Gasteiger partial charge >= 0.3 is 0 Å². The van der Waals surface area contributed by atoms with Crippen LogP contribution >= 0.6 is 0 Å². The molecule has 2 aromatic rings. The Morgan fingerprint density at radius 3 is 2.52 bits per heavy atom. The summed E-state index contributed by atoms with van der Waals surface area (Å²) >= 11 is 0. The standard InChI is InChI=1S/C16H23N7/c1-11-9-12(2)18-16(17-11)22-7-8-23-14(10-22)19-20-15(23)13-5-4-6-21(13)3/h9,13H,4-8,10H2,1-3H3. The molecule has 1 unspecified atom stereocenters. The average Bonchev–Trinajstić information content (AvgIpc) is 3.11. The number of likely N-dealkylation sites (tertiary alicyclic amines) is 1. The zero-order valence-corrected chi connectivity index (χ0v) is 14.0. The number of aryl methyl sites for hydroxylation is 2. The summed E-state index contributed by atoms with van der Waals surface area (Å²) in [7, 11) is 2.18. The summed E-state index contributed by atoms with van der Waals surface area (Å²) in [6, 6.07) is 2.42. The molecule has 0 N–H and O–H groups in total. The van der Waals surface area contributed by atoms with Gasteiger partial charge in [0.2, 0.25) is 5.95 Å². The van der Waals surface area contributed by atoms with Crippen LogP contribution in [0.2, 0.25) is 0 Å². The zero-order valence-electron chi connectivity index (χ0n) is 14.0. The van der Waals surface area contributed by atoms with E-state index < -0.39 is 0 Å². The lowest BCUT2D eigenvalue weighted by Crippen LogP contribution is -2.36. The van der Waals surface area contributed by atoms with Gasteiger partial charge in [0.25, 0.3) is 0 Å². The van der Waals surface area contributed by atoms with Gasteiger partial charge in [-0.05, 0) is 46.3 Å². The molecule has 0 bridgehead atoms. The minimum absolute atomic E-state index is 0.417. The van der Waals surface area contributed by atoms with E-state index in [-0.39, 0.29) is 0 Å². The van der Waals surface area contributed by atoms with E-state index in [1.54, 1.807) is 0 Å². The van der Waals surface area contributed by atoms with E-state index in [0.29, 0.717) is 6.04 Å². The van der Waals surface area contributed by atoms with Crippen molar-refractivity contribution in [3.8, 4) is 0 Å². The van der Waals surface area contributed by atoms with E-state index in [1.807, 2.05) is 19.9 Å². The van der Waals surface area contributed by atoms with Gasteiger partial charge < -0.3 is 9.47 Å². The third kappa shape index (κ3) is 2.59. The number of rotatable bonds is 2. The Labute approximate surface area is 136 Å². The van der Waals surface area contributed by atoms with Gasteiger partial charge in [-0.1, -0.05) is 0 Å². The van der Waals surface area contributed by atoms with Crippen molar-refractivity contribution in [3.05, 3.63) is 29.1 Å². The van der Waals surface area contributed by atoms with Crippen molar-refractivity contribution in [1.82, 2.24) is 29.6 Å². The predicted molar refractivity (Wildman–Crippen MR) is 87.2 cm³/mol. The molecule has 2 aromatic heterocycles. The van der Waals surface area contributed by atoms with Crippen LogP contribution in [0.3, 0.4) is 0 Å². The SMILES string of the molecule is Cc1cc(C)nc(N2CCn3c(nnc3C3CCCN3C)C2)n1. The van der Waals surface area contributed by atoms with Crippen LogP contribution in [0.15, 0.2) is 6.07 Å². The van der Waals surface area contributed by atoms with Crippen molar-refractivity contribution in [3.63, 3.8) is 0 Å². The second-order valence-electron chi connectivity index (χ2n) is 6.64. The number of fused-ring (bicyclic) bond motifs is 1. The molecule has 23 heavy (non-hydrogen) atoms. The minimum atomic E-state index is 0.417. The van der Waals surface area contributed by atoms with Crippen molar-refractivity contribution in [1.29, 1.82) is 0 Å². The molecule has 0 amide bonds. The highest BCUT2D eigenvalue weighted by Crippen LogP contribution is 2.30. The zero-order chi connectivity index (χ0) is 16.0. The van der Waals surface area contributed by atoms with E-state index in [4.69, 9.17) is 0 Å². The Kier molecular flexibility index (Phi) is 3.52. The smallest absolute Gasteiger partial charge is 0.226 e. The molecular weight excluding hydrogens is 290 g/mol. The number of hydrogen-bond acceptors (Lipinski definition) is 6. The number of anilines is 1. The van der Waals surface area contributed by atoms with E-state index in [2.05, 4.69) is 41.6 Å². The Hall–Kier alpha value is -2.02. The van der Waals surface area contributed by atoms with E-state index in [0.717, 1.165) is 55.2 Å². The quantitative estimate of drug-likeness (QED) is 0.837. The van der Waals surface area contributed by atoms with Crippen molar-refractivity contribution in [2.75, 3.05) is 25.0 Å². The van der Waals surface area contributed by atoms with Crippen LogP contribution in [0.1, 0.15) is 41.9 Å². The second-order valence-corrected chi connectivity index (χ2v) is 6.64. The minimum Gasteiger partial charge on any atom is -0.331 e. The van der Waals surface area contributed by atoms with Crippen molar-refractivity contribution < 1.29 is 0 Å². The largest absolute Gasteiger partial charge is 0.331 e. The molecule has 0 saturated carbocycles. The van der Waals surface area contributed by atoms with Gasteiger partial charge in [-0.25, -0.2) is 9.97 Å². The second kappa shape index (κ2) is 5.56. The number of hydrogen-bond donors (Lipinski definition) is 0. The highest BCUT2D eigenvalue weighted by atomic mass is 15.4. The molecule has 2 aliphatic rings. The van der Waals surface area contributed by atoms with Gasteiger partial charge in [-0.2, -0.15) is 0 Å². The molecular formula is C16H23N7. The van der Waals surface area contributed by atoms with Crippen LogP contribution in [-0.4, -0.2) is 49.8 Å². The monoisotopic (exact) mass is 313 g/mol. The topological polar surface area (TPSA) is 63.0 Å². The van der Waals surface area contributed by atoms with Crippen molar-refractivity contribution >= 4 is 5.95 Å². The van der Waals surface area contributed by atoms with Crippen LogP contribution in [0.4, 0.5) is 5.95 Å². The molecule has 2 aliphatic heterocycles. The fraction of sp³-hybridized carbons (Fsp3) is 0.625. The summed E-state index contributed by atoms with van der Waals surface area (Å²) < 4.78 is 2.30. The maximum Gasteiger partial charge on any atom is 0.226 e. The number of nitrogens with zero attached hydrogens (tertiary/aromatic N) is 7. The lowest BCUT2D eigenvalue weighted by atomic mass is 10.2. The summed E-state index contributed by atoms with van der Waals surface area (Å²) in [5, 5.41) is 8.94. The molecule has 1 saturated heterocycles. The van der Waals surface area contributed by atoms with Crippen LogP contribution in [-0.2, 0) is 13.1 Å². The van der Waals surface area contributed by atoms with E-state index in [9.17, 15) is 0 Å². The molecule has 1 fully saturated rings. The summed E-state index contributed by atoms with van der Waals surface area (Å²) in [4.78, 5) is 13.7. The lowest BCUT2D eigenvalue weighted by Gasteiger charge is -2.29. The van der Waals surface area contributed by atoms with Crippen molar-refractivity contribution in [2.45, 2.75) is 45.8 Å². The Balaban J connectivity index is 1.60. The third-order valence-corrected chi connectivity index (χ3v) is 4.85. The molecule has 122 valence electrons. The van der Waals surface area contributed by atoms with Crippen LogP contribution < -0.4 is 4.90 Å². The Bertz CT molecular complexity index is 703. The summed E-state index contributed by atoms with van der Waals surface area (Å²) in [6.07, 6.45) is 2.42. The van der Waals surface area contributed by atoms with Gasteiger partial charge in [-0.15, -0.1) is 10.2 Å². The molecule has 0 aromatic carbocycles. The molecule has 4 rings (SSSR count). The third-order valence-electron chi connectivity index (χ3n) is 4.85. The molecule has 0 spiro atoms. The first kappa shape index (κ1) is 14.6. The molecule has 0 aliphatic carbocycles. The first-order chi connectivity index (χ1) is 11.1. The van der Waals surface area contributed by atoms with E-state index in [1.165, 1.54) is 12.8 Å². The van der Waals surface area contributed by atoms with Crippen LogP contribution in [0, 0.1) is 13.8 Å². The van der Waals surface area contributed by atoms with Gasteiger partial charge in [-0.3, -0.25) is 4.90 Å². The van der Waals surface area contributed by atoms with E-state index >= 15 is 0 Å². The van der Waals surface area contributed by atoms with Crippen LogP contribution in [0.25, 0.3) is 0 Å². The maximum atomic E-state index is 4.58. The van der Waals surface area contributed by atoms with Gasteiger partial charge in [0.15, 0.2) is 11.6 Å². The molecule has 0 radical (unpaired) electrons. The fourth-order valence-corrected chi connectivity index (χ4v) is 3.68. The first-order valence-electron chi connectivity index (χ1n) is 8.31. The Morgan fingerprint density at radius 1 is 1.04 bits per heavy atom. The Morgan fingerprint density at radius 2 is 1.83 bits per heavy atom. The lowest BCUT2D eigenvalue weighted by molar-refractivity contribution is 0.295. The number of aromatic nitrogens is 5. The highest BCUT2D eigenvalue weighted by molar-refractivity contribution is 5.33. The molecule has 7 nitrogen and oxygen atoms in total. The average molecular weight is 313 g/mol. The molecule has 4 heterocycles. The van der Waals surface area contributed by atoms with Gasteiger partial charge in [0, 0.05) is 24.5 Å². The van der Waals surface area contributed by atoms with Crippen LogP contribution in [0.5, 0.6) is 0 Å². The first-order valence-corrected chi connectivity index (χ1v) is 8.31. The summed E-state index contributed by atoms with van der Waals surface area (Å²) in [5.74, 6) is 2.95. The summed E-state index contributed by atoms with van der Waals surface area (Å²) in [6.45, 7) is 7.70. The van der Waals surface area contributed by atoms with Gasteiger partial charge in [0.1, 0.15) is 0 Å². The van der Waals surface area contributed by atoms with Gasteiger partial charge in [0.05, 0.1) is 12.6 Å². The predicted octanol–water partition coefficient (Wildman–Crippen LogP) is 1.47. The highest BCUT2D eigenvalue weighted by Gasteiger charge is 2.31. The fourth-order valence-electron chi connectivity index (χ4n) is 3.68. The summed E-state index contributed by atoms with van der Waals surface area (Å²) in [5.41, 5.74) is 2.01.